The van der Waals surface area contributed by atoms with E-state index in [2.05, 4.69) is 0 Å². The maximum absolute atomic E-state index is 12.8. The van der Waals surface area contributed by atoms with Crippen molar-refractivity contribution in [2.45, 2.75) is 31.1 Å². The van der Waals surface area contributed by atoms with Crippen LogP contribution in [0, 0.1) is 0 Å². The number of halogens is 3. The van der Waals surface area contributed by atoms with Crippen LogP contribution < -0.4 is 17.2 Å². The number of primary amides is 1. The summed E-state index contributed by atoms with van der Waals surface area (Å²) in [5, 5.41) is 0. The molecule has 1 amide bonds. The van der Waals surface area contributed by atoms with Crippen molar-refractivity contribution in [2.24, 2.45) is 17.2 Å². The van der Waals surface area contributed by atoms with Gasteiger partial charge in [-0.25, -0.2) is 0 Å². The molecule has 2 atom stereocenters. The number of alkyl halides is 3. The monoisotopic (exact) mass is 351 g/mol. The second-order valence-electron chi connectivity index (χ2n) is 6.24. The van der Waals surface area contributed by atoms with Gasteiger partial charge < -0.3 is 17.2 Å². The van der Waals surface area contributed by atoms with Gasteiger partial charge in [-0.1, -0.05) is 42.5 Å². The van der Waals surface area contributed by atoms with Crippen LogP contribution in [0.15, 0.2) is 48.5 Å². The molecule has 4 nitrogen and oxygen atoms in total. The second-order valence-corrected chi connectivity index (χ2v) is 6.24. The van der Waals surface area contributed by atoms with Gasteiger partial charge in [0.05, 0.1) is 11.6 Å². The van der Waals surface area contributed by atoms with E-state index in [9.17, 15) is 18.0 Å². The molecule has 2 aromatic carbocycles. The predicted octanol–water partition coefficient (Wildman–Crippen LogP) is 2.50. The Balaban J connectivity index is 2.17. The minimum atomic E-state index is -4.37. The van der Waals surface area contributed by atoms with Crippen molar-refractivity contribution >= 4 is 5.91 Å². The van der Waals surface area contributed by atoms with Gasteiger partial charge in [0.2, 0.25) is 5.91 Å². The predicted molar refractivity (Wildman–Crippen MR) is 89.4 cm³/mol. The second kappa shape index (κ2) is 6.85. The molecule has 0 bridgehead atoms. The van der Waals surface area contributed by atoms with E-state index in [1.165, 1.54) is 13.0 Å². The van der Waals surface area contributed by atoms with Crippen LogP contribution in [0.25, 0.3) is 0 Å². The van der Waals surface area contributed by atoms with Gasteiger partial charge in [0.25, 0.3) is 0 Å². The van der Waals surface area contributed by atoms with Gasteiger partial charge in [-0.2, -0.15) is 13.2 Å². The normalized spacial score (nSPS) is 15.4. The Kier molecular flexibility index (Phi) is 5.20. The molecule has 0 spiro atoms. The van der Waals surface area contributed by atoms with E-state index in [4.69, 9.17) is 17.2 Å². The summed E-state index contributed by atoms with van der Waals surface area (Å²) in [6, 6.07) is 11.3. The Bertz CT molecular complexity index is 755. The Morgan fingerprint density at radius 3 is 2.20 bits per heavy atom. The van der Waals surface area contributed by atoms with Crippen molar-refractivity contribution in [3.8, 4) is 0 Å². The summed E-state index contributed by atoms with van der Waals surface area (Å²) in [6.07, 6.45) is -4.03. The largest absolute Gasteiger partial charge is 0.416 e. The molecular formula is C18H20F3N3O. The number of benzene rings is 2. The van der Waals surface area contributed by atoms with Gasteiger partial charge in [0.1, 0.15) is 5.54 Å². The lowest BCUT2D eigenvalue weighted by Crippen LogP contribution is -2.56. The molecular weight excluding hydrogens is 331 g/mol. The van der Waals surface area contributed by atoms with E-state index in [1.54, 1.807) is 30.3 Å². The number of nitrogens with two attached hydrogens (primary N) is 3. The van der Waals surface area contributed by atoms with Crippen molar-refractivity contribution in [1.29, 1.82) is 0 Å². The van der Waals surface area contributed by atoms with E-state index in [1.807, 2.05) is 0 Å². The first-order chi connectivity index (χ1) is 11.5. The lowest BCUT2D eigenvalue weighted by molar-refractivity contribution is -0.137. The summed E-state index contributed by atoms with van der Waals surface area (Å²) < 4.78 is 38.3. The van der Waals surface area contributed by atoms with Crippen LogP contribution in [0.5, 0.6) is 0 Å². The molecule has 2 aromatic rings. The van der Waals surface area contributed by atoms with Gasteiger partial charge >= 0.3 is 6.18 Å². The van der Waals surface area contributed by atoms with Gasteiger partial charge in [0.15, 0.2) is 0 Å². The van der Waals surface area contributed by atoms with Crippen LogP contribution in [-0.4, -0.2) is 11.4 Å². The molecule has 25 heavy (non-hydrogen) atoms. The number of hydrogen-bond acceptors (Lipinski definition) is 3. The average Bonchev–Trinajstić information content (AvgIpc) is 2.54. The summed E-state index contributed by atoms with van der Waals surface area (Å²) in [4.78, 5) is 11.4. The third-order valence-electron chi connectivity index (χ3n) is 4.18. The summed E-state index contributed by atoms with van der Waals surface area (Å²) in [5.74, 6) is -0.715. The lowest BCUT2D eigenvalue weighted by atomic mass is 9.87. The molecule has 0 saturated carbocycles. The fraction of sp³-hybridized carbons (Fsp3) is 0.278. The minimum Gasteiger partial charge on any atom is -0.368 e. The number of amides is 1. The van der Waals surface area contributed by atoms with Gasteiger partial charge in [-0.3, -0.25) is 4.79 Å². The van der Waals surface area contributed by atoms with Crippen LogP contribution in [0.2, 0.25) is 0 Å². The molecule has 0 radical (unpaired) electrons. The fourth-order valence-electron chi connectivity index (χ4n) is 2.44. The maximum atomic E-state index is 12.8. The van der Waals surface area contributed by atoms with E-state index in [0.29, 0.717) is 17.5 Å². The Hall–Kier alpha value is -2.38. The minimum absolute atomic E-state index is 0.342. The smallest absolute Gasteiger partial charge is 0.368 e. The first-order valence-corrected chi connectivity index (χ1v) is 7.61. The number of rotatable bonds is 5. The van der Waals surface area contributed by atoms with Crippen molar-refractivity contribution in [1.82, 2.24) is 0 Å². The van der Waals surface area contributed by atoms with Crippen molar-refractivity contribution < 1.29 is 18.0 Å². The zero-order valence-corrected chi connectivity index (χ0v) is 13.7. The quantitative estimate of drug-likeness (QED) is 0.772. The van der Waals surface area contributed by atoms with Gasteiger partial charge in [-0.15, -0.1) is 0 Å². The average molecular weight is 351 g/mol. The van der Waals surface area contributed by atoms with Crippen molar-refractivity contribution in [2.75, 3.05) is 0 Å². The summed E-state index contributed by atoms with van der Waals surface area (Å²) in [5.41, 5.74) is 17.0. The van der Waals surface area contributed by atoms with Crippen LogP contribution in [0.3, 0.4) is 0 Å². The highest BCUT2D eigenvalue weighted by molar-refractivity contribution is 5.85. The fourth-order valence-corrected chi connectivity index (χ4v) is 2.44. The van der Waals surface area contributed by atoms with Crippen LogP contribution >= 0.6 is 0 Å². The Labute approximate surface area is 143 Å². The third kappa shape index (κ3) is 4.37. The summed E-state index contributed by atoms with van der Waals surface area (Å²) in [7, 11) is 0. The third-order valence-corrected chi connectivity index (χ3v) is 4.18. The lowest BCUT2D eigenvalue weighted by Gasteiger charge is -2.28. The highest BCUT2D eigenvalue weighted by atomic mass is 19.4. The molecule has 2 rings (SSSR count). The van der Waals surface area contributed by atoms with E-state index in [0.717, 1.165) is 17.7 Å². The molecule has 0 saturated heterocycles. The van der Waals surface area contributed by atoms with E-state index >= 15 is 0 Å². The van der Waals surface area contributed by atoms with E-state index < -0.39 is 29.2 Å². The molecule has 2 unspecified atom stereocenters. The van der Waals surface area contributed by atoms with Crippen LogP contribution in [0.1, 0.15) is 35.2 Å². The molecule has 6 N–H and O–H groups in total. The van der Waals surface area contributed by atoms with Crippen LogP contribution in [0.4, 0.5) is 13.2 Å². The maximum Gasteiger partial charge on any atom is 0.416 e. The molecule has 0 aliphatic heterocycles. The SMILES string of the molecule is CC(N)(C(N)=O)C(N)c1ccc(Cc2cccc(C(F)(F)F)c2)cc1. The Morgan fingerprint density at radius 1 is 1.08 bits per heavy atom. The number of hydrogen-bond donors (Lipinski definition) is 3. The van der Waals surface area contributed by atoms with Gasteiger partial charge in [-0.05, 0) is 36.1 Å². The highest BCUT2D eigenvalue weighted by Gasteiger charge is 2.34. The first-order valence-electron chi connectivity index (χ1n) is 7.61. The van der Waals surface area contributed by atoms with Gasteiger partial charge in [0, 0.05) is 0 Å². The van der Waals surface area contributed by atoms with Crippen molar-refractivity contribution in [3.05, 3.63) is 70.8 Å². The molecule has 0 aliphatic rings. The molecule has 134 valence electrons. The Morgan fingerprint density at radius 2 is 1.68 bits per heavy atom. The molecule has 0 heterocycles. The van der Waals surface area contributed by atoms with Crippen molar-refractivity contribution in [3.63, 3.8) is 0 Å². The number of carbonyl (C=O) groups is 1. The summed E-state index contributed by atoms with van der Waals surface area (Å²) >= 11 is 0. The molecule has 7 heteroatoms. The molecule has 0 aliphatic carbocycles. The number of carbonyl (C=O) groups excluding carboxylic acids is 1. The first kappa shape index (κ1) is 19.0. The van der Waals surface area contributed by atoms with Crippen LogP contribution in [-0.2, 0) is 17.4 Å². The molecule has 0 aromatic heterocycles. The molecule has 0 fully saturated rings. The highest BCUT2D eigenvalue weighted by Crippen LogP contribution is 2.30. The van der Waals surface area contributed by atoms with E-state index in [-0.39, 0.29) is 0 Å². The zero-order valence-electron chi connectivity index (χ0n) is 13.7. The summed E-state index contributed by atoms with van der Waals surface area (Å²) in [6.45, 7) is 1.45. The topological polar surface area (TPSA) is 95.1 Å². The zero-order chi connectivity index (χ0) is 18.8. The standard InChI is InChI=1S/C18H20F3N3O/c1-17(24,16(23)25)15(22)13-7-5-11(6-8-13)9-12-3-2-4-14(10-12)18(19,20)21/h2-8,10,15H,9,22,24H2,1H3,(H2,23,25).